The fourth-order valence-electron chi connectivity index (χ4n) is 1.85. The SMILES string of the molecule is C[C@H](Oc1ccc(Cl)cc1Cl)C(=O)OCC(=O)NC(=O)NCc1ccco1. The molecule has 27 heavy (non-hydrogen) atoms. The standard InChI is InChI=1S/C17H16Cl2N2O6/c1-10(27-14-5-4-11(18)7-13(14)19)16(23)26-9-15(22)21-17(24)20-8-12-3-2-6-25-12/h2-7,10H,8-9H2,1H3,(H2,20,21,22,24)/t10-/m0/s1. The van der Waals surface area contributed by atoms with E-state index >= 15 is 0 Å². The Balaban J connectivity index is 1.71. The topological polar surface area (TPSA) is 107 Å². The van der Waals surface area contributed by atoms with Gasteiger partial charge in [-0.3, -0.25) is 10.1 Å². The minimum atomic E-state index is -1.02. The number of hydrogen-bond donors (Lipinski definition) is 2. The van der Waals surface area contributed by atoms with Gasteiger partial charge < -0.3 is 19.2 Å². The summed E-state index contributed by atoms with van der Waals surface area (Å²) < 4.78 is 15.2. The summed E-state index contributed by atoms with van der Waals surface area (Å²) in [7, 11) is 0. The van der Waals surface area contributed by atoms with Gasteiger partial charge in [0.25, 0.3) is 5.91 Å². The van der Waals surface area contributed by atoms with E-state index in [1.54, 1.807) is 18.2 Å². The lowest BCUT2D eigenvalue weighted by molar-refractivity contribution is -0.154. The van der Waals surface area contributed by atoms with Crippen LogP contribution in [0.25, 0.3) is 0 Å². The predicted molar refractivity (Wildman–Crippen MR) is 96.6 cm³/mol. The number of imide groups is 1. The smallest absolute Gasteiger partial charge is 0.347 e. The molecule has 0 aliphatic carbocycles. The molecule has 0 bridgehead atoms. The first-order chi connectivity index (χ1) is 12.8. The maximum Gasteiger partial charge on any atom is 0.347 e. The van der Waals surface area contributed by atoms with Crippen molar-refractivity contribution in [2.45, 2.75) is 19.6 Å². The molecular formula is C17H16Cl2N2O6. The van der Waals surface area contributed by atoms with Crippen molar-refractivity contribution in [1.29, 1.82) is 0 Å². The maximum absolute atomic E-state index is 11.9. The van der Waals surface area contributed by atoms with E-state index in [1.165, 1.54) is 25.3 Å². The molecule has 144 valence electrons. The summed E-state index contributed by atoms with van der Waals surface area (Å²) in [5.74, 6) is -0.827. The Morgan fingerprint density at radius 3 is 2.67 bits per heavy atom. The predicted octanol–water partition coefficient (Wildman–Crippen LogP) is 2.92. The average Bonchev–Trinajstić information content (AvgIpc) is 3.13. The van der Waals surface area contributed by atoms with Gasteiger partial charge in [-0.25, -0.2) is 9.59 Å². The number of esters is 1. The highest BCUT2D eigenvalue weighted by Gasteiger charge is 2.19. The first-order valence-electron chi connectivity index (χ1n) is 7.73. The monoisotopic (exact) mass is 414 g/mol. The van der Waals surface area contributed by atoms with E-state index in [9.17, 15) is 14.4 Å². The number of carbonyl (C=O) groups is 3. The molecule has 0 saturated heterocycles. The average molecular weight is 415 g/mol. The normalized spacial score (nSPS) is 11.4. The molecule has 0 radical (unpaired) electrons. The van der Waals surface area contributed by atoms with Crippen LogP contribution in [0.4, 0.5) is 4.79 Å². The number of halogens is 2. The number of nitrogens with one attached hydrogen (secondary N) is 2. The molecule has 0 fully saturated rings. The highest BCUT2D eigenvalue weighted by molar-refractivity contribution is 6.35. The number of amides is 3. The molecule has 0 saturated carbocycles. The summed E-state index contributed by atoms with van der Waals surface area (Å²) in [4.78, 5) is 35.1. The van der Waals surface area contributed by atoms with E-state index in [-0.39, 0.29) is 17.3 Å². The van der Waals surface area contributed by atoms with Crippen molar-refractivity contribution in [2.75, 3.05) is 6.61 Å². The van der Waals surface area contributed by atoms with Gasteiger partial charge in [-0.05, 0) is 37.3 Å². The number of rotatable bonds is 7. The summed E-state index contributed by atoms with van der Waals surface area (Å²) in [6.07, 6.45) is 0.434. The third-order valence-corrected chi connectivity index (χ3v) is 3.66. The largest absolute Gasteiger partial charge is 0.477 e. The molecule has 1 aromatic carbocycles. The Hall–Kier alpha value is -2.71. The number of hydrogen-bond acceptors (Lipinski definition) is 6. The quantitative estimate of drug-likeness (QED) is 0.674. The molecule has 0 aliphatic rings. The molecule has 10 heteroatoms. The van der Waals surface area contributed by atoms with Gasteiger partial charge in [0.05, 0.1) is 17.8 Å². The van der Waals surface area contributed by atoms with Crippen LogP contribution in [0.1, 0.15) is 12.7 Å². The molecule has 2 aromatic rings. The van der Waals surface area contributed by atoms with Gasteiger partial charge >= 0.3 is 12.0 Å². The molecule has 1 heterocycles. The number of urea groups is 1. The molecule has 0 spiro atoms. The van der Waals surface area contributed by atoms with Crippen molar-refractivity contribution in [2.24, 2.45) is 0 Å². The van der Waals surface area contributed by atoms with E-state index in [0.717, 1.165) is 0 Å². The first-order valence-corrected chi connectivity index (χ1v) is 8.49. The van der Waals surface area contributed by atoms with Gasteiger partial charge in [0.2, 0.25) is 0 Å². The number of ether oxygens (including phenoxy) is 2. The van der Waals surface area contributed by atoms with Crippen LogP contribution in [0.15, 0.2) is 41.0 Å². The maximum atomic E-state index is 11.9. The van der Waals surface area contributed by atoms with E-state index in [1.807, 2.05) is 5.32 Å². The van der Waals surface area contributed by atoms with Gasteiger partial charge in [0.15, 0.2) is 12.7 Å². The van der Waals surface area contributed by atoms with Crippen LogP contribution in [-0.2, 0) is 20.9 Å². The summed E-state index contributed by atoms with van der Waals surface area (Å²) in [5, 5.41) is 5.08. The molecular weight excluding hydrogens is 399 g/mol. The van der Waals surface area contributed by atoms with Gasteiger partial charge in [-0.15, -0.1) is 0 Å². The Bertz CT molecular complexity index is 810. The second kappa shape index (κ2) is 9.84. The molecule has 0 aliphatic heterocycles. The van der Waals surface area contributed by atoms with Crippen LogP contribution >= 0.6 is 23.2 Å². The molecule has 1 atom stereocenters. The molecule has 2 N–H and O–H groups in total. The molecule has 2 rings (SSSR count). The highest BCUT2D eigenvalue weighted by atomic mass is 35.5. The molecule has 3 amide bonds. The van der Waals surface area contributed by atoms with Gasteiger partial charge in [-0.2, -0.15) is 0 Å². The number of benzene rings is 1. The second-order valence-corrected chi connectivity index (χ2v) is 6.10. The van der Waals surface area contributed by atoms with Gasteiger partial charge in [-0.1, -0.05) is 23.2 Å². The van der Waals surface area contributed by atoms with Gasteiger partial charge in [0.1, 0.15) is 11.5 Å². The Morgan fingerprint density at radius 1 is 1.22 bits per heavy atom. The Morgan fingerprint density at radius 2 is 2.00 bits per heavy atom. The lowest BCUT2D eigenvalue weighted by atomic mass is 10.3. The van der Waals surface area contributed by atoms with Crippen molar-refractivity contribution in [3.63, 3.8) is 0 Å². The van der Waals surface area contributed by atoms with Crippen molar-refractivity contribution >= 4 is 41.1 Å². The molecule has 8 nitrogen and oxygen atoms in total. The van der Waals surface area contributed by atoms with Crippen molar-refractivity contribution < 1.29 is 28.3 Å². The zero-order valence-electron chi connectivity index (χ0n) is 14.2. The van der Waals surface area contributed by atoms with Crippen LogP contribution in [0.3, 0.4) is 0 Å². The number of carbonyl (C=O) groups excluding carboxylic acids is 3. The zero-order chi connectivity index (χ0) is 19.8. The fraction of sp³-hybridized carbons (Fsp3) is 0.235. The lowest BCUT2D eigenvalue weighted by Gasteiger charge is -2.15. The summed E-state index contributed by atoms with van der Waals surface area (Å²) in [5.41, 5.74) is 0. The van der Waals surface area contributed by atoms with Crippen molar-refractivity contribution in [3.8, 4) is 5.75 Å². The van der Waals surface area contributed by atoms with E-state index in [2.05, 4.69) is 5.32 Å². The fourth-order valence-corrected chi connectivity index (χ4v) is 2.30. The first kappa shape index (κ1) is 20.6. The van der Waals surface area contributed by atoms with Crippen LogP contribution in [-0.4, -0.2) is 30.6 Å². The van der Waals surface area contributed by atoms with Crippen LogP contribution in [0.5, 0.6) is 5.75 Å². The van der Waals surface area contributed by atoms with Crippen molar-refractivity contribution in [1.82, 2.24) is 10.6 Å². The lowest BCUT2D eigenvalue weighted by Crippen LogP contribution is -2.41. The summed E-state index contributed by atoms with van der Waals surface area (Å²) >= 11 is 11.7. The van der Waals surface area contributed by atoms with E-state index in [4.69, 9.17) is 37.1 Å². The van der Waals surface area contributed by atoms with Crippen molar-refractivity contribution in [3.05, 3.63) is 52.4 Å². The summed E-state index contributed by atoms with van der Waals surface area (Å²) in [6, 6.07) is 7.11. The Labute approximate surface area is 164 Å². The minimum absolute atomic E-state index is 0.110. The third kappa shape index (κ3) is 6.84. The summed E-state index contributed by atoms with van der Waals surface area (Å²) in [6.45, 7) is 0.898. The zero-order valence-corrected chi connectivity index (χ0v) is 15.7. The number of furan rings is 1. The minimum Gasteiger partial charge on any atom is -0.477 e. The van der Waals surface area contributed by atoms with Gasteiger partial charge in [0, 0.05) is 5.02 Å². The second-order valence-electron chi connectivity index (χ2n) is 5.25. The van der Waals surface area contributed by atoms with Crippen LogP contribution in [0.2, 0.25) is 10.0 Å². The van der Waals surface area contributed by atoms with E-state index in [0.29, 0.717) is 10.8 Å². The highest BCUT2D eigenvalue weighted by Crippen LogP contribution is 2.28. The molecule has 0 unspecified atom stereocenters. The van der Waals surface area contributed by atoms with Crippen LogP contribution in [0, 0.1) is 0 Å². The van der Waals surface area contributed by atoms with Crippen LogP contribution < -0.4 is 15.4 Å². The van der Waals surface area contributed by atoms with E-state index < -0.39 is 30.6 Å². The Kier molecular flexibility index (Phi) is 7.51. The third-order valence-electron chi connectivity index (χ3n) is 3.13. The molecule has 1 aromatic heterocycles.